The molecule has 0 atom stereocenters. The summed E-state index contributed by atoms with van der Waals surface area (Å²) in [5.41, 5.74) is 1.40. The summed E-state index contributed by atoms with van der Waals surface area (Å²) in [7, 11) is 1.83. The van der Waals surface area contributed by atoms with Gasteiger partial charge in [0.25, 0.3) is 0 Å². The molecule has 25 heavy (non-hydrogen) atoms. The van der Waals surface area contributed by atoms with Gasteiger partial charge in [0.15, 0.2) is 5.96 Å². The van der Waals surface area contributed by atoms with Gasteiger partial charge in [0.05, 0.1) is 6.61 Å². The first-order valence-electron chi connectivity index (χ1n) is 9.63. The van der Waals surface area contributed by atoms with Gasteiger partial charge in [-0.25, -0.2) is 0 Å². The third-order valence-electron chi connectivity index (χ3n) is 4.58. The molecule has 1 fully saturated rings. The van der Waals surface area contributed by atoms with Gasteiger partial charge in [-0.2, -0.15) is 0 Å². The largest absolute Gasteiger partial charge is 0.380 e. The maximum absolute atomic E-state index is 5.58. The van der Waals surface area contributed by atoms with Gasteiger partial charge in [0.2, 0.25) is 0 Å². The minimum Gasteiger partial charge on any atom is -0.380 e. The van der Waals surface area contributed by atoms with Gasteiger partial charge in [0, 0.05) is 45.9 Å². The second-order valence-corrected chi connectivity index (χ2v) is 6.65. The molecule has 0 aliphatic carbocycles. The van der Waals surface area contributed by atoms with E-state index in [2.05, 4.69) is 57.8 Å². The Kier molecular flexibility index (Phi) is 9.37. The van der Waals surface area contributed by atoms with Crippen molar-refractivity contribution in [1.29, 1.82) is 0 Å². The topological polar surface area (TPSA) is 48.9 Å². The quantitative estimate of drug-likeness (QED) is 0.410. The fourth-order valence-corrected chi connectivity index (χ4v) is 3.06. The van der Waals surface area contributed by atoms with Gasteiger partial charge in [-0.05, 0) is 24.8 Å². The molecule has 1 heterocycles. The van der Waals surface area contributed by atoms with E-state index in [1.165, 1.54) is 12.0 Å². The maximum Gasteiger partial charge on any atom is 0.191 e. The van der Waals surface area contributed by atoms with E-state index in [4.69, 9.17) is 4.74 Å². The SMILES string of the molecule is CCCCOCCNC(=NC)NC1CCN(Cc2ccccc2)CC1. The predicted molar refractivity (Wildman–Crippen MR) is 105 cm³/mol. The van der Waals surface area contributed by atoms with E-state index < -0.39 is 0 Å². The Hall–Kier alpha value is -1.59. The number of rotatable bonds is 9. The van der Waals surface area contributed by atoms with Crippen LogP contribution in [0, 0.1) is 0 Å². The van der Waals surface area contributed by atoms with Crippen LogP contribution < -0.4 is 10.6 Å². The average Bonchev–Trinajstić information content (AvgIpc) is 2.66. The summed E-state index contributed by atoms with van der Waals surface area (Å²) < 4.78 is 5.58. The van der Waals surface area contributed by atoms with E-state index in [0.717, 1.165) is 64.6 Å². The summed E-state index contributed by atoms with van der Waals surface area (Å²) in [4.78, 5) is 6.86. The van der Waals surface area contributed by atoms with Crippen LogP contribution in [0.25, 0.3) is 0 Å². The first-order valence-corrected chi connectivity index (χ1v) is 9.63. The highest BCUT2D eigenvalue weighted by Crippen LogP contribution is 2.13. The Morgan fingerprint density at radius 2 is 1.96 bits per heavy atom. The first-order chi connectivity index (χ1) is 12.3. The number of aliphatic imine (C=N–C) groups is 1. The van der Waals surface area contributed by atoms with Crippen LogP contribution >= 0.6 is 0 Å². The van der Waals surface area contributed by atoms with E-state index in [-0.39, 0.29) is 0 Å². The molecule has 0 amide bonds. The molecule has 1 aromatic carbocycles. The number of hydrogen-bond acceptors (Lipinski definition) is 3. The third-order valence-corrected chi connectivity index (χ3v) is 4.58. The lowest BCUT2D eigenvalue weighted by atomic mass is 10.0. The van der Waals surface area contributed by atoms with Gasteiger partial charge in [-0.15, -0.1) is 0 Å². The summed E-state index contributed by atoms with van der Waals surface area (Å²) in [5, 5.41) is 6.89. The molecule has 0 aromatic heterocycles. The van der Waals surface area contributed by atoms with Crippen molar-refractivity contribution in [3.8, 4) is 0 Å². The summed E-state index contributed by atoms with van der Waals surface area (Å²) >= 11 is 0. The molecule has 0 bridgehead atoms. The van der Waals surface area contributed by atoms with Crippen LogP contribution in [-0.2, 0) is 11.3 Å². The molecular formula is C20H34N4O. The van der Waals surface area contributed by atoms with Crippen LogP contribution in [0.1, 0.15) is 38.2 Å². The normalized spacial score (nSPS) is 16.8. The fraction of sp³-hybridized carbons (Fsp3) is 0.650. The highest BCUT2D eigenvalue weighted by atomic mass is 16.5. The second kappa shape index (κ2) is 11.9. The fourth-order valence-electron chi connectivity index (χ4n) is 3.06. The van der Waals surface area contributed by atoms with Crippen molar-refractivity contribution >= 4 is 5.96 Å². The van der Waals surface area contributed by atoms with Crippen LogP contribution in [0.3, 0.4) is 0 Å². The zero-order chi connectivity index (χ0) is 17.7. The molecule has 1 saturated heterocycles. The number of guanidine groups is 1. The summed E-state index contributed by atoms with van der Waals surface area (Å²) in [6.07, 6.45) is 4.62. The Bertz CT molecular complexity index is 484. The van der Waals surface area contributed by atoms with Gasteiger partial charge < -0.3 is 15.4 Å². The second-order valence-electron chi connectivity index (χ2n) is 6.65. The number of hydrogen-bond donors (Lipinski definition) is 2. The molecule has 1 aliphatic rings. The van der Waals surface area contributed by atoms with Crippen molar-refractivity contribution in [2.75, 3.05) is 39.9 Å². The molecular weight excluding hydrogens is 312 g/mol. The molecule has 0 unspecified atom stereocenters. The molecule has 1 aromatic rings. The van der Waals surface area contributed by atoms with Crippen molar-refractivity contribution in [2.24, 2.45) is 4.99 Å². The third kappa shape index (κ3) is 7.88. The highest BCUT2D eigenvalue weighted by molar-refractivity contribution is 5.79. The van der Waals surface area contributed by atoms with E-state index in [1.807, 2.05) is 7.05 Å². The number of unbranched alkanes of at least 4 members (excludes halogenated alkanes) is 1. The molecule has 2 rings (SSSR count). The van der Waals surface area contributed by atoms with Crippen LogP contribution in [-0.4, -0.2) is 56.8 Å². The Morgan fingerprint density at radius 3 is 2.64 bits per heavy atom. The molecule has 5 heteroatoms. The number of piperidine rings is 1. The van der Waals surface area contributed by atoms with Gasteiger partial charge in [-0.3, -0.25) is 9.89 Å². The van der Waals surface area contributed by atoms with Crippen molar-refractivity contribution in [1.82, 2.24) is 15.5 Å². The first kappa shape index (κ1) is 19.7. The maximum atomic E-state index is 5.58. The van der Waals surface area contributed by atoms with Crippen molar-refractivity contribution < 1.29 is 4.74 Å². The van der Waals surface area contributed by atoms with Crippen LogP contribution in [0.15, 0.2) is 35.3 Å². The van der Waals surface area contributed by atoms with E-state index in [1.54, 1.807) is 0 Å². The average molecular weight is 347 g/mol. The Balaban J connectivity index is 1.61. The molecule has 5 nitrogen and oxygen atoms in total. The summed E-state index contributed by atoms with van der Waals surface area (Å²) in [6, 6.07) is 11.2. The van der Waals surface area contributed by atoms with Crippen molar-refractivity contribution in [2.45, 2.75) is 45.2 Å². The lowest BCUT2D eigenvalue weighted by Gasteiger charge is -2.33. The Morgan fingerprint density at radius 1 is 1.20 bits per heavy atom. The predicted octanol–water partition coefficient (Wildman–Crippen LogP) is 2.63. The van der Waals surface area contributed by atoms with E-state index in [9.17, 15) is 0 Å². The number of ether oxygens (including phenoxy) is 1. The van der Waals surface area contributed by atoms with Gasteiger partial charge in [0.1, 0.15) is 0 Å². The molecule has 2 N–H and O–H groups in total. The van der Waals surface area contributed by atoms with E-state index in [0.29, 0.717) is 6.04 Å². The molecule has 0 radical (unpaired) electrons. The zero-order valence-electron chi connectivity index (χ0n) is 15.8. The standard InChI is InChI=1S/C20H34N4O/c1-3-4-15-25-16-12-22-20(21-2)23-19-10-13-24(14-11-19)17-18-8-6-5-7-9-18/h5-9,19H,3-4,10-17H2,1-2H3,(H2,21,22,23). The number of likely N-dealkylation sites (tertiary alicyclic amines) is 1. The number of benzene rings is 1. The molecule has 1 aliphatic heterocycles. The van der Waals surface area contributed by atoms with E-state index >= 15 is 0 Å². The molecule has 140 valence electrons. The lowest BCUT2D eigenvalue weighted by molar-refractivity contribution is 0.135. The number of nitrogens with zero attached hydrogens (tertiary/aromatic N) is 2. The smallest absolute Gasteiger partial charge is 0.191 e. The minimum atomic E-state index is 0.499. The van der Waals surface area contributed by atoms with Gasteiger partial charge >= 0.3 is 0 Å². The van der Waals surface area contributed by atoms with Crippen LogP contribution in [0.5, 0.6) is 0 Å². The van der Waals surface area contributed by atoms with Crippen molar-refractivity contribution in [3.05, 3.63) is 35.9 Å². The zero-order valence-corrected chi connectivity index (χ0v) is 15.8. The molecule has 0 spiro atoms. The molecule has 0 saturated carbocycles. The Labute approximate surface area is 152 Å². The summed E-state index contributed by atoms with van der Waals surface area (Å²) in [6.45, 7) is 7.87. The summed E-state index contributed by atoms with van der Waals surface area (Å²) in [5.74, 6) is 0.889. The monoisotopic (exact) mass is 346 g/mol. The van der Waals surface area contributed by atoms with Crippen LogP contribution in [0.4, 0.5) is 0 Å². The van der Waals surface area contributed by atoms with Crippen LogP contribution in [0.2, 0.25) is 0 Å². The highest BCUT2D eigenvalue weighted by Gasteiger charge is 2.19. The minimum absolute atomic E-state index is 0.499. The van der Waals surface area contributed by atoms with Crippen molar-refractivity contribution in [3.63, 3.8) is 0 Å². The lowest BCUT2D eigenvalue weighted by Crippen LogP contribution is -2.49. The number of nitrogens with one attached hydrogen (secondary N) is 2. The van der Waals surface area contributed by atoms with Gasteiger partial charge in [-0.1, -0.05) is 43.7 Å².